The van der Waals surface area contributed by atoms with Crippen molar-refractivity contribution >= 4 is 11.7 Å². The van der Waals surface area contributed by atoms with Crippen molar-refractivity contribution in [3.63, 3.8) is 0 Å². The number of nitrogens with one attached hydrogen (secondary N) is 1. The third kappa shape index (κ3) is 4.14. The number of amides is 1. The minimum atomic E-state index is -0.516. The summed E-state index contributed by atoms with van der Waals surface area (Å²) >= 11 is 0. The third-order valence-electron chi connectivity index (χ3n) is 4.57. The second-order valence-corrected chi connectivity index (χ2v) is 7.03. The van der Waals surface area contributed by atoms with Crippen LogP contribution in [0.4, 0.5) is 4.79 Å². The van der Waals surface area contributed by atoms with Gasteiger partial charge in [0.2, 0.25) is 0 Å². The molecule has 0 atom stereocenters. The van der Waals surface area contributed by atoms with E-state index < -0.39 is 11.6 Å². The van der Waals surface area contributed by atoms with Crippen LogP contribution in [0.25, 0.3) is 5.57 Å². The standard InChI is InChI=1S/C19H27NO3/c1-6-19(11-22-12-19)13-23-17(21)20-18(4,5)16-9-7-8-15(10-16)14(2)3/h7-10H,2,6,11-13H2,1,3-5H3,(H,20,21). The second kappa shape index (κ2) is 6.75. The van der Waals surface area contributed by atoms with Gasteiger partial charge in [-0.2, -0.15) is 0 Å². The molecule has 1 aromatic carbocycles. The van der Waals surface area contributed by atoms with Crippen molar-refractivity contribution in [1.29, 1.82) is 0 Å². The Morgan fingerprint density at radius 1 is 1.43 bits per heavy atom. The van der Waals surface area contributed by atoms with Crippen LogP contribution in [0.1, 0.15) is 45.2 Å². The van der Waals surface area contributed by atoms with E-state index in [9.17, 15) is 4.79 Å². The van der Waals surface area contributed by atoms with Gasteiger partial charge >= 0.3 is 6.09 Å². The maximum absolute atomic E-state index is 12.2. The van der Waals surface area contributed by atoms with Crippen molar-refractivity contribution in [2.24, 2.45) is 5.41 Å². The van der Waals surface area contributed by atoms with Crippen molar-refractivity contribution in [2.45, 2.75) is 39.7 Å². The summed E-state index contributed by atoms with van der Waals surface area (Å²) in [6, 6.07) is 8.05. The zero-order valence-electron chi connectivity index (χ0n) is 14.6. The summed E-state index contributed by atoms with van der Waals surface area (Å²) in [5.74, 6) is 0. The summed E-state index contributed by atoms with van der Waals surface area (Å²) in [6.07, 6.45) is 0.556. The molecule has 0 bridgehead atoms. The number of benzene rings is 1. The van der Waals surface area contributed by atoms with Crippen LogP contribution < -0.4 is 5.32 Å². The topological polar surface area (TPSA) is 47.6 Å². The highest BCUT2D eigenvalue weighted by atomic mass is 16.6. The van der Waals surface area contributed by atoms with Crippen LogP contribution in [0, 0.1) is 5.41 Å². The van der Waals surface area contributed by atoms with E-state index in [1.807, 2.05) is 39.0 Å². The fourth-order valence-corrected chi connectivity index (χ4v) is 2.54. The zero-order chi connectivity index (χ0) is 17.1. The van der Waals surface area contributed by atoms with E-state index in [1.54, 1.807) is 0 Å². The Morgan fingerprint density at radius 3 is 2.65 bits per heavy atom. The molecule has 0 unspecified atom stereocenters. The average molecular weight is 317 g/mol. The quantitative estimate of drug-likeness (QED) is 0.859. The molecular formula is C19H27NO3. The number of allylic oxidation sites excluding steroid dienone is 1. The van der Waals surface area contributed by atoms with Crippen LogP contribution in [0.3, 0.4) is 0 Å². The number of carbonyl (C=O) groups excluding carboxylic acids is 1. The Balaban J connectivity index is 1.98. The van der Waals surface area contributed by atoms with E-state index in [4.69, 9.17) is 9.47 Å². The van der Waals surface area contributed by atoms with Crippen LogP contribution >= 0.6 is 0 Å². The monoisotopic (exact) mass is 317 g/mol. The highest BCUT2D eigenvalue weighted by Crippen LogP contribution is 2.31. The fraction of sp³-hybridized carbons (Fsp3) is 0.526. The Labute approximate surface area is 138 Å². The van der Waals surface area contributed by atoms with Crippen molar-refractivity contribution in [3.05, 3.63) is 42.0 Å². The van der Waals surface area contributed by atoms with Gasteiger partial charge in [-0.1, -0.05) is 37.3 Å². The molecule has 1 aliphatic rings. The number of rotatable bonds is 6. The van der Waals surface area contributed by atoms with Crippen molar-refractivity contribution in [1.82, 2.24) is 5.32 Å². The molecular weight excluding hydrogens is 290 g/mol. The van der Waals surface area contributed by atoms with E-state index in [2.05, 4.69) is 24.9 Å². The first-order valence-electron chi connectivity index (χ1n) is 8.07. The van der Waals surface area contributed by atoms with Crippen LogP contribution in [0.5, 0.6) is 0 Å². The first-order valence-corrected chi connectivity index (χ1v) is 8.07. The smallest absolute Gasteiger partial charge is 0.407 e. The first kappa shape index (κ1) is 17.5. The molecule has 0 spiro atoms. The van der Waals surface area contributed by atoms with Crippen molar-refractivity contribution in [2.75, 3.05) is 19.8 Å². The molecule has 4 heteroatoms. The lowest BCUT2D eigenvalue weighted by atomic mass is 9.84. The highest BCUT2D eigenvalue weighted by molar-refractivity contribution is 5.69. The molecule has 1 amide bonds. The minimum absolute atomic E-state index is 0.00134. The SMILES string of the molecule is C=C(C)c1cccc(C(C)(C)NC(=O)OCC2(CC)COC2)c1. The molecule has 0 radical (unpaired) electrons. The lowest BCUT2D eigenvalue weighted by Gasteiger charge is -2.40. The van der Waals surface area contributed by atoms with E-state index in [0.29, 0.717) is 19.8 Å². The summed E-state index contributed by atoms with van der Waals surface area (Å²) < 4.78 is 10.7. The van der Waals surface area contributed by atoms with Gasteiger partial charge < -0.3 is 14.8 Å². The van der Waals surface area contributed by atoms with Gasteiger partial charge in [0.15, 0.2) is 0 Å². The van der Waals surface area contributed by atoms with Gasteiger partial charge in [-0.15, -0.1) is 0 Å². The van der Waals surface area contributed by atoms with Crippen LogP contribution in [0.15, 0.2) is 30.8 Å². The summed E-state index contributed by atoms with van der Waals surface area (Å²) in [4.78, 5) is 12.2. The number of hydrogen-bond acceptors (Lipinski definition) is 3. The number of hydrogen-bond donors (Lipinski definition) is 1. The minimum Gasteiger partial charge on any atom is -0.449 e. The zero-order valence-corrected chi connectivity index (χ0v) is 14.6. The molecule has 0 aromatic heterocycles. The third-order valence-corrected chi connectivity index (χ3v) is 4.57. The lowest BCUT2D eigenvalue weighted by Crippen LogP contribution is -2.48. The number of alkyl carbamates (subject to hydrolysis) is 1. The van der Waals surface area contributed by atoms with Crippen LogP contribution in [-0.2, 0) is 15.0 Å². The van der Waals surface area contributed by atoms with Gasteiger partial charge in [-0.05, 0) is 44.4 Å². The molecule has 0 aliphatic carbocycles. The Kier molecular flexibility index (Phi) is 5.15. The van der Waals surface area contributed by atoms with Crippen LogP contribution in [-0.4, -0.2) is 25.9 Å². The summed E-state index contributed by atoms with van der Waals surface area (Å²) in [5, 5.41) is 2.95. The van der Waals surface area contributed by atoms with Gasteiger partial charge in [0, 0.05) is 0 Å². The van der Waals surface area contributed by atoms with E-state index in [0.717, 1.165) is 23.1 Å². The van der Waals surface area contributed by atoms with Crippen molar-refractivity contribution < 1.29 is 14.3 Å². The number of ether oxygens (including phenoxy) is 2. The molecule has 1 saturated heterocycles. The number of carbonyl (C=O) groups is 1. The highest BCUT2D eigenvalue weighted by Gasteiger charge is 2.38. The summed E-state index contributed by atoms with van der Waals surface area (Å²) in [7, 11) is 0. The van der Waals surface area contributed by atoms with Gasteiger partial charge in [-0.25, -0.2) is 4.79 Å². The summed E-state index contributed by atoms with van der Waals surface area (Å²) in [6.45, 7) is 13.7. The fourth-order valence-electron chi connectivity index (χ4n) is 2.54. The molecule has 1 aromatic rings. The Bertz CT molecular complexity index is 583. The van der Waals surface area contributed by atoms with Gasteiger partial charge in [0.05, 0.1) is 24.2 Å². The lowest BCUT2D eigenvalue weighted by molar-refractivity contribution is -0.139. The molecule has 2 rings (SSSR count). The van der Waals surface area contributed by atoms with Gasteiger partial charge in [0.1, 0.15) is 6.61 Å². The first-order chi connectivity index (χ1) is 10.8. The summed E-state index contributed by atoms with van der Waals surface area (Å²) in [5.41, 5.74) is 2.58. The molecule has 1 N–H and O–H groups in total. The molecule has 1 aliphatic heterocycles. The molecule has 23 heavy (non-hydrogen) atoms. The van der Waals surface area contributed by atoms with Gasteiger partial charge in [0.25, 0.3) is 0 Å². The molecule has 0 saturated carbocycles. The van der Waals surface area contributed by atoms with E-state index in [-0.39, 0.29) is 5.41 Å². The molecule has 1 heterocycles. The molecule has 126 valence electrons. The van der Waals surface area contributed by atoms with Crippen LogP contribution in [0.2, 0.25) is 0 Å². The molecule has 1 fully saturated rings. The second-order valence-electron chi connectivity index (χ2n) is 7.03. The maximum atomic E-state index is 12.2. The van der Waals surface area contributed by atoms with Crippen molar-refractivity contribution in [3.8, 4) is 0 Å². The average Bonchev–Trinajstić information content (AvgIpc) is 2.46. The Morgan fingerprint density at radius 2 is 2.13 bits per heavy atom. The maximum Gasteiger partial charge on any atom is 0.407 e. The predicted molar refractivity (Wildman–Crippen MR) is 92.2 cm³/mol. The normalized spacial score (nSPS) is 16.3. The molecule has 4 nitrogen and oxygen atoms in total. The predicted octanol–water partition coefficient (Wildman–Crippen LogP) is 4.11. The Hall–Kier alpha value is -1.81. The van der Waals surface area contributed by atoms with E-state index >= 15 is 0 Å². The van der Waals surface area contributed by atoms with Gasteiger partial charge in [-0.3, -0.25) is 0 Å². The van der Waals surface area contributed by atoms with E-state index in [1.165, 1.54) is 0 Å². The largest absolute Gasteiger partial charge is 0.449 e.